The molecule has 0 saturated carbocycles. The highest BCUT2D eigenvalue weighted by Crippen LogP contribution is 2.17. The van der Waals surface area contributed by atoms with Crippen LogP contribution in [0.2, 0.25) is 5.02 Å². The van der Waals surface area contributed by atoms with E-state index in [1.807, 2.05) is 18.2 Å². The number of carbonyl (C=O) groups excluding carboxylic acids is 1. The summed E-state index contributed by atoms with van der Waals surface area (Å²) in [5, 5.41) is 4.49. The van der Waals surface area contributed by atoms with Gasteiger partial charge in [0.1, 0.15) is 6.54 Å². The molecule has 0 aliphatic rings. The first-order valence-corrected chi connectivity index (χ1v) is 5.79. The Kier molecular flexibility index (Phi) is 3.41. The van der Waals surface area contributed by atoms with Crippen molar-refractivity contribution in [3.8, 4) is 0 Å². The highest BCUT2D eigenvalue weighted by atomic mass is 79.9. The maximum Gasteiger partial charge on any atom is 0.185 e. The van der Waals surface area contributed by atoms with Gasteiger partial charge in [0.15, 0.2) is 5.78 Å². The van der Waals surface area contributed by atoms with E-state index in [0.717, 1.165) is 4.47 Å². The SMILES string of the molecule is O=C(Cn1cc(Cl)cn1)c1ccccc1Br. The van der Waals surface area contributed by atoms with Crippen molar-refractivity contribution in [3.05, 3.63) is 51.7 Å². The molecule has 5 heteroatoms. The number of benzene rings is 1. The van der Waals surface area contributed by atoms with Crippen molar-refractivity contribution >= 4 is 33.3 Å². The van der Waals surface area contributed by atoms with Gasteiger partial charge in [0.25, 0.3) is 0 Å². The lowest BCUT2D eigenvalue weighted by molar-refractivity contribution is 0.0967. The average Bonchev–Trinajstić information content (AvgIpc) is 2.64. The van der Waals surface area contributed by atoms with Gasteiger partial charge in [-0.2, -0.15) is 5.10 Å². The minimum atomic E-state index is -0.00718. The Morgan fingerprint density at radius 3 is 2.81 bits per heavy atom. The summed E-state index contributed by atoms with van der Waals surface area (Å²) in [5.74, 6) is -0.00718. The minimum Gasteiger partial charge on any atom is -0.292 e. The number of hydrogen-bond donors (Lipinski definition) is 0. The molecule has 1 heterocycles. The van der Waals surface area contributed by atoms with Crippen LogP contribution in [0.1, 0.15) is 10.4 Å². The van der Waals surface area contributed by atoms with Crippen LogP contribution in [0.15, 0.2) is 41.1 Å². The van der Waals surface area contributed by atoms with E-state index < -0.39 is 0 Å². The van der Waals surface area contributed by atoms with Crippen molar-refractivity contribution in [1.82, 2.24) is 9.78 Å². The molecule has 1 aromatic heterocycles. The number of aromatic nitrogens is 2. The third kappa shape index (κ3) is 2.51. The molecule has 0 aliphatic heterocycles. The summed E-state index contributed by atoms with van der Waals surface area (Å²) in [6, 6.07) is 7.31. The summed E-state index contributed by atoms with van der Waals surface area (Å²) in [6.07, 6.45) is 3.13. The zero-order chi connectivity index (χ0) is 11.5. The molecular weight excluding hydrogens is 291 g/mol. The van der Waals surface area contributed by atoms with Crippen LogP contribution >= 0.6 is 27.5 Å². The molecule has 0 amide bonds. The third-order valence-corrected chi connectivity index (χ3v) is 2.97. The van der Waals surface area contributed by atoms with Gasteiger partial charge >= 0.3 is 0 Å². The van der Waals surface area contributed by atoms with Crippen molar-refractivity contribution in [3.63, 3.8) is 0 Å². The van der Waals surface area contributed by atoms with Crippen molar-refractivity contribution in [2.24, 2.45) is 0 Å². The molecule has 0 radical (unpaired) electrons. The summed E-state index contributed by atoms with van der Waals surface area (Å²) < 4.78 is 2.31. The Morgan fingerprint density at radius 1 is 1.44 bits per heavy atom. The topological polar surface area (TPSA) is 34.9 Å². The van der Waals surface area contributed by atoms with Crippen molar-refractivity contribution in [2.75, 3.05) is 0 Å². The lowest BCUT2D eigenvalue weighted by Gasteiger charge is -2.03. The van der Waals surface area contributed by atoms with Crippen LogP contribution in [-0.2, 0) is 6.54 Å². The van der Waals surface area contributed by atoms with Gasteiger partial charge in [0, 0.05) is 16.2 Å². The smallest absolute Gasteiger partial charge is 0.185 e. The van der Waals surface area contributed by atoms with Gasteiger partial charge in [-0.3, -0.25) is 9.48 Å². The van der Waals surface area contributed by atoms with Crippen molar-refractivity contribution in [2.45, 2.75) is 6.54 Å². The molecule has 1 aromatic carbocycles. The summed E-state index contributed by atoms with van der Waals surface area (Å²) in [5.41, 5.74) is 0.647. The van der Waals surface area contributed by atoms with Gasteiger partial charge in [-0.05, 0) is 6.07 Å². The average molecular weight is 300 g/mol. The second kappa shape index (κ2) is 4.80. The predicted molar refractivity (Wildman–Crippen MR) is 65.7 cm³/mol. The van der Waals surface area contributed by atoms with Gasteiger partial charge < -0.3 is 0 Å². The van der Waals surface area contributed by atoms with E-state index in [4.69, 9.17) is 11.6 Å². The molecule has 3 nitrogen and oxygen atoms in total. The molecule has 16 heavy (non-hydrogen) atoms. The molecule has 82 valence electrons. The van der Waals surface area contributed by atoms with Gasteiger partial charge in [0.05, 0.1) is 11.2 Å². The minimum absolute atomic E-state index is 0.00718. The maximum absolute atomic E-state index is 11.9. The van der Waals surface area contributed by atoms with Crippen LogP contribution in [0.5, 0.6) is 0 Å². The molecule has 0 bridgehead atoms. The van der Waals surface area contributed by atoms with Crippen LogP contribution in [0.25, 0.3) is 0 Å². The number of hydrogen-bond acceptors (Lipinski definition) is 2. The molecule has 0 unspecified atom stereocenters. The van der Waals surface area contributed by atoms with Gasteiger partial charge in [-0.25, -0.2) is 0 Å². The fourth-order valence-corrected chi connectivity index (χ4v) is 2.01. The fourth-order valence-electron chi connectivity index (χ4n) is 1.34. The Hall–Kier alpha value is -1.13. The standard InChI is InChI=1S/C11H8BrClN2O/c12-10-4-2-1-3-9(10)11(16)7-15-6-8(13)5-14-15/h1-6H,7H2. The van der Waals surface area contributed by atoms with Crippen LogP contribution in [-0.4, -0.2) is 15.6 Å². The number of rotatable bonds is 3. The predicted octanol–water partition coefficient (Wildman–Crippen LogP) is 3.18. The molecule has 0 fully saturated rings. The van der Waals surface area contributed by atoms with Crippen LogP contribution in [0.3, 0.4) is 0 Å². The van der Waals surface area contributed by atoms with E-state index in [1.54, 1.807) is 12.3 Å². The Morgan fingerprint density at radius 2 is 2.19 bits per heavy atom. The van der Waals surface area contributed by atoms with E-state index in [2.05, 4.69) is 21.0 Å². The quantitative estimate of drug-likeness (QED) is 0.816. The van der Waals surface area contributed by atoms with E-state index >= 15 is 0 Å². The summed E-state index contributed by atoms with van der Waals surface area (Å²) in [7, 11) is 0. The first-order valence-electron chi connectivity index (χ1n) is 4.62. The van der Waals surface area contributed by atoms with Crippen LogP contribution < -0.4 is 0 Å². The zero-order valence-corrected chi connectivity index (χ0v) is 10.6. The van der Waals surface area contributed by atoms with Crippen LogP contribution in [0.4, 0.5) is 0 Å². The Balaban J connectivity index is 2.18. The Bertz CT molecular complexity index is 524. The number of halogens is 2. The lowest BCUT2D eigenvalue weighted by Crippen LogP contribution is -2.11. The lowest BCUT2D eigenvalue weighted by atomic mass is 10.1. The summed E-state index contributed by atoms with van der Waals surface area (Å²) in [6.45, 7) is 0.190. The number of nitrogens with zero attached hydrogens (tertiary/aromatic N) is 2. The Labute approximate surface area is 106 Å². The fraction of sp³-hybridized carbons (Fsp3) is 0.0909. The zero-order valence-electron chi connectivity index (χ0n) is 8.23. The normalized spacial score (nSPS) is 10.4. The maximum atomic E-state index is 11.9. The second-order valence-electron chi connectivity index (χ2n) is 3.26. The number of carbonyl (C=O) groups is 1. The molecule has 0 spiro atoms. The highest BCUT2D eigenvalue weighted by molar-refractivity contribution is 9.10. The number of Topliss-reactive ketones (excluding diaryl/α,β-unsaturated/α-hetero) is 1. The van der Waals surface area contributed by atoms with E-state index in [1.165, 1.54) is 10.9 Å². The molecule has 0 saturated heterocycles. The van der Waals surface area contributed by atoms with Gasteiger partial charge in [-0.1, -0.05) is 45.7 Å². The van der Waals surface area contributed by atoms with E-state index in [-0.39, 0.29) is 12.3 Å². The molecule has 0 N–H and O–H groups in total. The molecule has 0 aliphatic carbocycles. The summed E-state index contributed by atoms with van der Waals surface area (Å²) in [4.78, 5) is 11.9. The first kappa shape index (κ1) is 11.4. The largest absolute Gasteiger partial charge is 0.292 e. The van der Waals surface area contributed by atoms with Gasteiger partial charge in [0.2, 0.25) is 0 Å². The van der Waals surface area contributed by atoms with Crippen molar-refractivity contribution < 1.29 is 4.79 Å². The second-order valence-corrected chi connectivity index (χ2v) is 4.55. The van der Waals surface area contributed by atoms with Crippen LogP contribution in [0, 0.1) is 0 Å². The number of ketones is 1. The third-order valence-electron chi connectivity index (χ3n) is 2.08. The van der Waals surface area contributed by atoms with E-state index in [9.17, 15) is 4.79 Å². The summed E-state index contributed by atoms with van der Waals surface area (Å²) >= 11 is 9.06. The highest BCUT2D eigenvalue weighted by Gasteiger charge is 2.10. The monoisotopic (exact) mass is 298 g/mol. The van der Waals surface area contributed by atoms with Gasteiger partial charge in [-0.15, -0.1) is 0 Å². The molecule has 2 rings (SSSR count). The first-order chi connectivity index (χ1) is 7.66. The molecule has 2 aromatic rings. The van der Waals surface area contributed by atoms with Crippen molar-refractivity contribution in [1.29, 1.82) is 0 Å². The van der Waals surface area contributed by atoms with E-state index in [0.29, 0.717) is 10.6 Å². The molecule has 0 atom stereocenters. The molecular formula is C11H8BrClN2O.